The van der Waals surface area contributed by atoms with Gasteiger partial charge in [-0.15, -0.1) is 11.8 Å². The molecule has 1 nitrogen and oxygen atoms in total. The second kappa shape index (κ2) is 6.33. The summed E-state index contributed by atoms with van der Waals surface area (Å²) in [7, 11) is 0. The summed E-state index contributed by atoms with van der Waals surface area (Å²) >= 11 is 4.94. The van der Waals surface area contributed by atoms with Gasteiger partial charge >= 0.3 is 0 Å². The van der Waals surface area contributed by atoms with E-state index in [1.807, 2.05) is 6.07 Å². The molecule has 0 amide bonds. The fraction of sp³-hybridized carbons (Fsp3) is 0.417. The summed E-state index contributed by atoms with van der Waals surface area (Å²) in [6.45, 7) is 2.14. The first-order valence-electron chi connectivity index (χ1n) is 4.94. The van der Waals surface area contributed by atoms with Crippen molar-refractivity contribution in [1.82, 2.24) is 0 Å². The fourth-order valence-electron chi connectivity index (χ4n) is 1.49. The minimum atomic E-state index is 0.231. The van der Waals surface area contributed by atoms with E-state index >= 15 is 0 Å². The van der Waals surface area contributed by atoms with Gasteiger partial charge in [-0.05, 0) is 29.9 Å². The number of thioether (sulfide) groups is 1. The van der Waals surface area contributed by atoms with Crippen LogP contribution < -0.4 is 0 Å². The fourth-order valence-corrected chi connectivity index (χ4v) is 2.36. The maximum absolute atomic E-state index is 11.3. The summed E-state index contributed by atoms with van der Waals surface area (Å²) in [4.78, 5) is 12.6. The Morgan fingerprint density at radius 2 is 2.20 bits per heavy atom. The molecule has 0 aliphatic carbocycles. The normalized spacial score (nSPS) is 10.3. The summed E-state index contributed by atoms with van der Waals surface area (Å²) in [6, 6.07) is 6.30. The van der Waals surface area contributed by atoms with Gasteiger partial charge in [-0.3, -0.25) is 4.79 Å². The van der Waals surface area contributed by atoms with Gasteiger partial charge in [0.15, 0.2) is 0 Å². The number of halogens is 1. The third-order valence-corrected chi connectivity index (χ3v) is 3.74. The molecule has 0 aromatic heterocycles. The first-order valence-corrected chi connectivity index (χ1v) is 7.29. The van der Waals surface area contributed by atoms with Crippen molar-refractivity contribution in [3.8, 4) is 0 Å². The smallest absolute Gasteiger partial charge is 0.147 e. The van der Waals surface area contributed by atoms with Crippen molar-refractivity contribution in [1.29, 1.82) is 0 Å². The molecule has 0 bridgehead atoms. The molecule has 3 heteroatoms. The van der Waals surface area contributed by atoms with E-state index in [4.69, 9.17) is 0 Å². The number of carbonyl (C=O) groups is 1. The van der Waals surface area contributed by atoms with Crippen LogP contribution in [0.3, 0.4) is 0 Å². The van der Waals surface area contributed by atoms with Crippen LogP contribution in [-0.4, -0.2) is 17.4 Å². The van der Waals surface area contributed by atoms with Crippen LogP contribution in [0.25, 0.3) is 0 Å². The van der Waals surface area contributed by atoms with Crippen molar-refractivity contribution in [2.24, 2.45) is 0 Å². The van der Waals surface area contributed by atoms with E-state index in [9.17, 15) is 4.79 Å². The van der Waals surface area contributed by atoms with Crippen molar-refractivity contribution >= 4 is 33.5 Å². The first-order chi connectivity index (χ1) is 7.21. The van der Waals surface area contributed by atoms with Crippen molar-refractivity contribution in [2.75, 3.05) is 11.6 Å². The molecule has 82 valence electrons. The molecule has 1 rings (SSSR count). The highest BCUT2D eigenvalue weighted by molar-refractivity contribution is 9.09. The van der Waals surface area contributed by atoms with Gasteiger partial charge in [-0.1, -0.05) is 35.0 Å². The van der Waals surface area contributed by atoms with Crippen molar-refractivity contribution in [3.63, 3.8) is 0 Å². The molecule has 0 heterocycles. The van der Waals surface area contributed by atoms with E-state index in [2.05, 4.69) is 41.2 Å². The van der Waals surface area contributed by atoms with Gasteiger partial charge in [-0.25, -0.2) is 0 Å². The van der Waals surface area contributed by atoms with Crippen LogP contribution in [0.1, 0.15) is 18.1 Å². The predicted octanol–water partition coefficient (Wildman–Crippen LogP) is 3.48. The van der Waals surface area contributed by atoms with Crippen molar-refractivity contribution in [3.05, 3.63) is 29.3 Å². The summed E-state index contributed by atoms with van der Waals surface area (Å²) < 4.78 is 0. The van der Waals surface area contributed by atoms with E-state index in [-0.39, 0.29) is 5.78 Å². The summed E-state index contributed by atoms with van der Waals surface area (Å²) in [5.41, 5.74) is 2.46. The van der Waals surface area contributed by atoms with E-state index in [1.54, 1.807) is 11.8 Å². The van der Waals surface area contributed by atoms with E-state index < -0.39 is 0 Å². The molecule has 0 fully saturated rings. The zero-order valence-corrected chi connectivity index (χ0v) is 11.5. The van der Waals surface area contributed by atoms with Crippen LogP contribution in [0, 0.1) is 0 Å². The van der Waals surface area contributed by atoms with Crippen LogP contribution in [0.4, 0.5) is 0 Å². The first kappa shape index (κ1) is 12.8. The Morgan fingerprint density at radius 3 is 2.73 bits per heavy atom. The lowest BCUT2D eigenvalue weighted by atomic mass is 10.0. The number of carbonyl (C=O) groups excluding carboxylic acids is 1. The zero-order chi connectivity index (χ0) is 11.3. The average molecular weight is 287 g/mol. The van der Waals surface area contributed by atoms with Crippen molar-refractivity contribution < 1.29 is 4.79 Å². The van der Waals surface area contributed by atoms with Gasteiger partial charge in [0.1, 0.15) is 5.78 Å². The standard InChI is InChI=1S/C12H15BrOS/c1-3-10-6-9(7-11(14)8-13)4-5-12(10)15-2/h4-6H,3,7-8H2,1-2H3. The quantitative estimate of drug-likeness (QED) is 0.609. The van der Waals surface area contributed by atoms with Crippen LogP contribution in [0.5, 0.6) is 0 Å². The number of Topliss-reactive ketones (excluding diaryl/α,β-unsaturated/α-hetero) is 1. The Bertz CT molecular complexity index is 349. The molecule has 0 aliphatic heterocycles. The number of benzene rings is 1. The van der Waals surface area contributed by atoms with Crippen LogP contribution in [-0.2, 0) is 17.6 Å². The van der Waals surface area contributed by atoms with Gasteiger partial charge in [0.25, 0.3) is 0 Å². The highest BCUT2D eigenvalue weighted by Gasteiger charge is 2.05. The number of aryl methyl sites for hydroxylation is 1. The van der Waals surface area contributed by atoms with Gasteiger partial charge in [0.2, 0.25) is 0 Å². The van der Waals surface area contributed by atoms with Gasteiger partial charge in [0, 0.05) is 11.3 Å². The molecule has 0 spiro atoms. The molecular weight excluding hydrogens is 272 g/mol. The highest BCUT2D eigenvalue weighted by atomic mass is 79.9. The molecule has 0 saturated heterocycles. The second-order valence-electron chi connectivity index (χ2n) is 3.35. The Hall–Kier alpha value is -0.280. The third kappa shape index (κ3) is 3.65. The number of rotatable bonds is 5. The second-order valence-corrected chi connectivity index (χ2v) is 4.76. The molecule has 0 N–H and O–H groups in total. The van der Waals surface area contributed by atoms with Crippen LogP contribution in [0.15, 0.2) is 23.1 Å². The maximum Gasteiger partial charge on any atom is 0.147 e. The lowest BCUT2D eigenvalue weighted by Crippen LogP contribution is -2.04. The van der Waals surface area contributed by atoms with Crippen LogP contribution in [0.2, 0.25) is 0 Å². The molecule has 0 atom stereocenters. The average Bonchev–Trinajstić information content (AvgIpc) is 2.28. The SMILES string of the molecule is CCc1cc(CC(=O)CBr)ccc1SC. The van der Waals surface area contributed by atoms with Gasteiger partial charge < -0.3 is 0 Å². The Kier molecular flexibility index (Phi) is 5.40. The molecule has 15 heavy (non-hydrogen) atoms. The Labute approximate surface area is 104 Å². The minimum absolute atomic E-state index is 0.231. The van der Waals surface area contributed by atoms with E-state index in [1.165, 1.54) is 10.5 Å². The number of alkyl halides is 1. The van der Waals surface area contributed by atoms with E-state index in [0.29, 0.717) is 11.8 Å². The summed E-state index contributed by atoms with van der Waals surface area (Å²) in [5.74, 6) is 0.231. The molecular formula is C12H15BrOS. The number of ketones is 1. The highest BCUT2D eigenvalue weighted by Crippen LogP contribution is 2.22. The molecule has 1 aromatic carbocycles. The zero-order valence-electron chi connectivity index (χ0n) is 9.05. The molecule has 1 aromatic rings. The van der Waals surface area contributed by atoms with Crippen LogP contribution >= 0.6 is 27.7 Å². The van der Waals surface area contributed by atoms with Gasteiger partial charge in [0.05, 0.1) is 5.33 Å². The molecule has 0 aliphatic rings. The van der Waals surface area contributed by atoms with E-state index in [0.717, 1.165) is 12.0 Å². The monoisotopic (exact) mass is 286 g/mol. The lowest BCUT2D eigenvalue weighted by Gasteiger charge is -2.07. The largest absolute Gasteiger partial charge is 0.298 e. The number of hydrogen-bond donors (Lipinski definition) is 0. The summed E-state index contributed by atoms with van der Waals surface area (Å²) in [5, 5.41) is 0.443. The topological polar surface area (TPSA) is 17.1 Å². The summed E-state index contributed by atoms with van der Waals surface area (Å²) in [6.07, 6.45) is 3.64. The molecule has 0 radical (unpaired) electrons. The maximum atomic E-state index is 11.3. The third-order valence-electron chi connectivity index (χ3n) is 2.28. The Morgan fingerprint density at radius 1 is 1.47 bits per heavy atom. The number of hydrogen-bond acceptors (Lipinski definition) is 2. The predicted molar refractivity (Wildman–Crippen MR) is 70.1 cm³/mol. The Balaban J connectivity index is 2.88. The minimum Gasteiger partial charge on any atom is -0.298 e. The lowest BCUT2D eigenvalue weighted by molar-refractivity contribution is -0.115. The van der Waals surface area contributed by atoms with Gasteiger partial charge in [-0.2, -0.15) is 0 Å². The molecule has 0 unspecified atom stereocenters. The molecule has 0 saturated carbocycles. The van der Waals surface area contributed by atoms with Crippen molar-refractivity contribution in [2.45, 2.75) is 24.7 Å².